The van der Waals surface area contributed by atoms with Gasteiger partial charge in [0, 0.05) is 29.8 Å². The number of piperidine rings is 1. The number of nitrogens with zero attached hydrogens (tertiary/aromatic N) is 1. The molecule has 3 N–H and O–H groups in total. The Hall–Kier alpha value is -0.580. The van der Waals surface area contributed by atoms with Crippen LogP contribution in [0.2, 0.25) is 0 Å². The monoisotopic (exact) mass is 284 g/mol. The fraction of sp³-hybridized carbons (Fsp3) is 0.500. The van der Waals surface area contributed by atoms with E-state index in [1.54, 1.807) is 0 Å². The Balaban J connectivity index is 2.12. The Kier molecular flexibility index (Phi) is 3.52. The summed E-state index contributed by atoms with van der Waals surface area (Å²) in [7, 11) is 0. The first-order valence-corrected chi connectivity index (χ1v) is 6.35. The van der Waals surface area contributed by atoms with E-state index in [0.29, 0.717) is 13.1 Å². The van der Waals surface area contributed by atoms with Crippen molar-refractivity contribution in [3.63, 3.8) is 0 Å². The number of anilines is 1. The van der Waals surface area contributed by atoms with Crippen LogP contribution >= 0.6 is 15.9 Å². The molecular weight excluding hydrogens is 268 g/mol. The van der Waals surface area contributed by atoms with E-state index in [-0.39, 0.29) is 0 Å². The van der Waals surface area contributed by atoms with E-state index >= 15 is 0 Å². The fourth-order valence-corrected chi connectivity index (χ4v) is 2.42. The molecular formula is C12H17BrN2O. The Morgan fingerprint density at radius 1 is 1.38 bits per heavy atom. The van der Waals surface area contributed by atoms with E-state index in [9.17, 15) is 5.11 Å². The van der Waals surface area contributed by atoms with Gasteiger partial charge in [-0.1, -0.05) is 15.9 Å². The summed E-state index contributed by atoms with van der Waals surface area (Å²) in [5.74, 6) is 0. The molecule has 0 aliphatic carbocycles. The van der Waals surface area contributed by atoms with E-state index in [0.717, 1.165) is 29.5 Å². The lowest BCUT2D eigenvalue weighted by Crippen LogP contribution is -2.52. The van der Waals surface area contributed by atoms with Gasteiger partial charge in [0.15, 0.2) is 0 Å². The van der Waals surface area contributed by atoms with Crippen molar-refractivity contribution >= 4 is 21.6 Å². The van der Waals surface area contributed by atoms with Crippen LogP contribution in [0, 0.1) is 0 Å². The zero-order valence-electron chi connectivity index (χ0n) is 9.19. The normalized spacial score (nSPS) is 25.8. The molecule has 0 radical (unpaired) electrons. The average Bonchev–Trinajstić information content (AvgIpc) is 2.30. The number of halogens is 1. The number of nitrogens with two attached hydrogens (primary N) is 1. The molecule has 0 saturated carbocycles. The molecule has 1 aliphatic heterocycles. The van der Waals surface area contributed by atoms with Gasteiger partial charge in [-0.3, -0.25) is 0 Å². The van der Waals surface area contributed by atoms with Crippen LogP contribution in [0.1, 0.15) is 12.8 Å². The number of hydrogen-bond acceptors (Lipinski definition) is 3. The summed E-state index contributed by atoms with van der Waals surface area (Å²) in [6.07, 6.45) is 1.79. The Morgan fingerprint density at radius 3 is 2.69 bits per heavy atom. The topological polar surface area (TPSA) is 49.5 Å². The van der Waals surface area contributed by atoms with Gasteiger partial charge < -0.3 is 15.7 Å². The number of rotatable bonds is 2. The molecule has 1 aliphatic rings. The minimum atomic E-state index is -0.717. The molecule has 1 heterocycles. The van der Waals surface area contributed by atoms with E-state index < -0.39 is 5.60 Å². The van der Waals surface area contributed by atoms with Crippen LogP contribution in [0.4, 0.5) is 5.69 Å². The molecule has 2 rings (SSSR count). The summed E-state index contributed by atoms with van der Waals surface area (Å²) in [5.41, 5.74) is 6.05. The Labute approximate surface area is 104 Å². The molecule has 1 aromatic carbocycles. The van der Waals surface area contributed by atoms with Crippen molar-refractivity contribution in [2.45, 2.75) is 18.4 Å². The summed E-state index contributed by atoms with van der Waals surface area (Å²) in [6.45, 7) is 1.95. The molecule has 1 fully saturated rings. The van der Waals surface area contributed by atoms with Gasteiger partial charge in [-0.05, 0) is 37.1 Å². The maximum Gasteiger partial charge on any atom is 0.0943 e. The zero-order valence-corrected chi connectivity index (χ0v) is 10.8. The minimum absolute atomic E-state index is 0.333. The second kappa shape index (κ2) is 4.73. The van der Waals surface area contributed by atoms with E-state index in [4.69, 9.17) is 5.73 Å². The molecule has 1 unspecified atom stereocenters. The number of hydrogen-bond donors (Lipinski definition) is 2. The fourth-order valence-electron chi connectivity index (χ4n) is 2.15. The van der Waals surface area contributed by atoms with Gasteiger partial charge in [-0.15, -0.1) is 0 Å². The van der Waals surface area contributed by atoms with Gasteiger partial charge in [-0.25, -0.2) is 0 Å². The number of aliphatic hydroxyl groups is 1. The standard InChI is InChI=1S/C12H17BrN2O/c13-10-2-4-11(5-3-10)15-7-1-6-12(16,8-14)9-15/h2-5,16H,1,6-9,14H2. The third kappa shape index (κ3) is 2.56. The molecule has 0 bridgehead atoms. The summed E-state index contributed by atoms with van der Waals surface area (Å²) in [6, 6.07) is 8.16. The van der Waals surface area contributed by atoms with Crippen LogP contribution in [0.3, 0.4) is 0 Å². The van der Waals surface area contributed by atoms with Crippen molar-refractivity contribution in [1.29, 1.82) is 0 Å². The quantitative estimate of drug-likeness (QED) is 0.870. The van der Waals surface area contributed by atoms with Gasteiger partial charge >= 0.3 is 0 Å². The lowest BCUT2D eigenvalue weighted by molar-refractivity contribution is 0.0347. The Bertz CT molecular complexity index is 355. The third-order valence-corrected chi connectivity index (χ3v) is 3.66. The highest BCUT2D eigenvalue weighted by Gasteiger charge is 2.31. The number of β-amino-alcohol motifs (C(OH)–C–C–N with tert-alkyl or cyclic N) is 1. The smallest absolute Gasteiger partial charge is 0.0943 e. The lowest BCUT2D eigenvalue weighted by atomic mass is 9.93. The second-order valence-electron chi connectivity index (χ2n) is 4.43. The van der Waals surface area contributed by atoms with Gasteiger partial charge in [0.05, 0.1) is 5.60 Å². The maximum absolute atomic E-state index is 10.2. The second-order valence-corrected chi connectivity index (χ2v) is 5.35. The van der Waals surface area contributed by atoms with E-state index in [2.05, 4.69) is 33.0 Å². The van der Waals surface area contributed by atoms with E-state index in [1.807, 2.05) is 12.1 Å². The maximum atomic E-state index is 10.2. The molecule has 0 amide bonds. The first-order valence-electron chi connectivity index (χ1n) is 5.56. The molecule has 3 nitrogen and oxygen atoms in total. The first-order chi connectivity index (χ1) is 7.63. The van der Waals surface area contributed by atoms with Crippen molar-refractivity contribution < 1.29 is 5.11 Å². The summed E-state index contributed by atoms with van der Waals surface area (Å²) < 4.78 is 1.07. The highest BCUT2D eigenvalue weighted by Crippen LogP contribution is 2.26. The summed E-state index contributed by atoms with van der Waals surface area (Å²) >= 11 is 3.42. The van der Waals surface area contributed by atoms with E-state index in [1.165, 1.54) is 0 Å². The van der Waals surface area contributed by atoms with Crippen LogP contribution < -0.4 is 10.6 Å². The molecule has 16 heavy (non-hydrogen) atoms. The van der Waals surface area contributed by atoms with Crippen LogP contribution in [-0.2, 0) is 0 Å². The molecule has 88 valence electrons. The van der Waals surface area contributed by atoms with Gasteiger partial charge in [0.1, 0.15) is 0 Å². The zero-order chi connectivity index (χ0) is 11.6. The largest absolute Gasteiger partial charge is 0.387 e. The van der Waals surface area contributed by atoms with Crippen molar-refractivity contribution in [3.8, 4) is 0 Å². The van der Waals surface area contributed by atoms with Crippen LogP contribution in [0.25, 0.3) is 0 Å². The molecule has 0 aromatic heterocycles. The molecule has 0 spiro atoms. The van der Waals surface area contributed by atoms with Crippen molar-refractivity contribution in [2.75, 3.05) is 24.5 Å². The highest BCUT2D eigenvalue weighted by molar-refractivity contribution is 9.10. The minimum Gasteiger partial charge on any atom is -0.387 e. The van der Waals surface area contributed by atoms with Gasteiger partial charge in [0.25, 0.3) is 0 Å². The molecule has 1 atom stereocenters. The number of benzene rings is 1. The Morgan fingerprint density at radius 2 is 2.06 bits per heavy atom. The lowest BCUT2D eigenvalue weighted by Gasteiger charge is -2.39. The van der Waals surface area contributed by atoms with Crippen molar-refractivity contribution in [3.05, 3.63) is 28.7 Å². The van der Waals surface area contributed by atoms with Crippen molar-refractivity contribution in [2.24, 2.45) is 5.73 Å². The predicted octanol–water partition coefficient (Wildman–Crippen LogP) is 1.74. The SMILES string of the molecule is NCC1(O)CCCN(c2ccc(Br)cc2)C1. The van der Waals surface area contributed by atoms with Crippen LogP contribution in [0.5, 0.6) is 0 Å². The van der Waals surface area contributed by atoms with Crippen LogP contribution in [-0.4, -0.2) is 30.3 Å². The summed E-state index contributed by atoms with van der Waals surface area (Å²) in [5, 5.41) is 10.2. The molecule has 4 heteroatoms. The first kappa shape index (κ1) is 11.9. The molecule has 1 aromatic rings. The highest BCUT2D eigenvalue weighted by atomic mass is 79.9. The predicted molar refractivity (Wildman–Crippen MR) is 69.6 cm³/mol. The molecule has 1 saturated heterocycles. The van der Waals surface area contributed by atoms with Gasteiger partial charge in [-0.2, -0.15) is 0 Å². The van der Waals surface area contributed by atoms with Crippen molar-refractivity contribution in [1.82, 2.24) is 0 Å². The van der Waals surface area contributed by atoms with Gasteiger partial charge in [0.2, 0.25) is 0 Å². The summed E-state index contributed by atoms with van der Waals surface area (Å²) in [4.78, 5) is 2.20. The average molecular weight is 285 g/mol. The van der Waals surface area contributed by atoms with Crippen LogP contribution in [0.15, 0.2) is 28.7 Å². The third-order valence-electron chi connectivity index (χ3n) is 3.13.